The highest BCUT2D eigenvalue weighted by Gasteiger charge is 2.21. The van der Waals surface area contributed by atoms with E-state index in [-0.39, 0.29) is 11.9 Å². The summed E-state index contributed by atoms with van der Waals surface area (Å²) in [5.74, 6) is 0.0476. The fourth-order valence-corrected chi connectivity index (χ4v) is 4.23. The monoisotopic (exact) mass is 369 g/mol. The summed E-state index contributed by atoms with van der Waals surface area (Å²) in [7, 11) is 1.93. The van der Waals surface area contributed by atoms with Crippen molar-refractivity contribution in [2.75, 3.05) is 13.1 Å². The zero-order valence-corrected chi connectivity index (χ0v) is 15.9. The second kappa shape index (κ2) is 7.17. The summed E-state index contributed by atoms with van der Waals surface area (Å²) in [5.41, 5.74) is 3.94. The first-order chi connectivity index (χ1) is 12.6. The number of hydrogen-bond donors (Lipinski definition) is 1. The lowest BCUT2D eigenvalue weighted by Crippen LogP contribution is -2.44. The predicted molar refractivity (Wildman–Crippen MR) is 103 cm³/mol. The van der Waals surface area contributed by atoms with Gasteiger partial charge in [0.15, 0.2) is 5.65 Å². The van der Waals surface area contributed by atoms with Gasteiger partial charge in [0.2, 0.25) is 0 Å². The van der Waals surface area contributed by atoms with Crippen LogP contribution in [0, 0.1) is 6.92 Å². The lowest BCUT2D eigenvalue weighted by molar-refractivity contribution is 0.0909. The lowest BCUT2D eigenvalue weighted by atomic mass is 10.0. The van der Waals surface area contributed by atoms with Gasteiger partial charge in [-0.25, -0.2) is 4.98 Å². The van der Waals surface area contributed by atoms with Gasteiger partial charge in [-0.3, -0.25) is 14.4 Å². The zero-order chi connectivity index (χ0) is 18.1. The smallest absolute Gasteiger partial charge is 0.252 e. The van der Waals surface area contributed by atoms with Crippen LogP contribution in [0.1, 0.15) is 34.5 Å². The molecule has 1 aliphatic rings. The summed E-state index contributed by atoms with van der Waals surface area (Å²) in [4.78, 5) is 19.2. The van der Waals surface area contributed by atoms with E-state index in [4.69, 9.17) is 0 Å². The van der Waals surface area contributed by atoms with E-state index >= 15 is 0 Å². The molecule has 1 amide bonds. The molecule has 1 fully saturated rings. The maximum Gasteiger partial charge on any atom is 0.252 e. The topological polar surface area (TPSA) is 63.1 Å². The maximum atomic E-state index is 12.2. The number of nitrogens with zero attached hydrogens (tertiary/aromatic N) is 4. The van der Waals surface area contributed by atoms with E-state index < -0.39 is 0 Å². The normalized spacial score (nSPS) is 16.2. The Hall–Kier alpha value is -2.25. The Morgan fingerprint density at radius 3 is 2.92 bits per heavy atom. The van der Waals surface area contributed by atoms with Gasteiger partial charge in [0.25, 0.3) is 5.91 Å². The Bertz CT molecular complexity index is 910. The van der Waals surface area contributed by atoms with Crippen molar-refractivity contribution in [2.45, 2.75) is 32.4 Å². The highest BCUT2D eigenvalue weighted by atomic mass is 32.1. The number of piperidine rings is 1. The third kappa shape index (κ3) is 3.50. The Morgan fingerprint density at radius 1 is 1.38 bits per heavy atom. The van der Waals surface area contributed by atoms with E-state index in [1.165, 1.54) is 5.56 Å². The fraction of sp³-hybridized carbons (Fsp3) is 0.421. The molecule has 4 rings (SSSR count). The van der Waals surface area contributed by atoms with Gasteiger partial charge < -0.3 is 5.32 Å². The van der Waals surface area contributed by atoms with E-state index in [1.807, 2.05) is 41.7 Å². The lowest BCUT2D eigenvalue weighted by Gasteiger charge is -2.32. The number of aryl methyl sites for hydroxylation is 2. The number of rotatable bonds is 4. The second-order valence-electron chi connectivity index (χ2n) is 6.96. The van der Waals surface area contributed by atoms with Crippen molar-refractivity contribution in [1.82, 2.24) is 25.0 Å². The predicted octanol–water partition coefficient (Wildman–Crippen LogP) is 2.73. The molecule has 0 spiro atoms. The molecule has 7 heteroatoms. The number of thiophene rings is 1. The third-order valence-corrected chi connectivity index (χ3v) is 5.72. The number of pyridine rings is 1. The van der Waals surface area contributed by atoms with E-state index in [2.05, 4.69) is 26.4 Å². The van der Waals surface area contributed by atoms with E-state index in [0.717, 1.165) is 54.8 Å². The van der Waals surface area contributed by atoms with E-state index in [0.29, 0.717) is 0 Å². The first kappa shape index (κ1) is 17.2. The van der Waals surface area contributed by atoms with E-state index in [9.17, 15) is 4.79 Å². The number of aromatic nitrogens is 3. The van der Waals surface area contributed by atoms with Gasteiger partial charge in [0.1, 0.15) is 0 Å². The summed E-state index contributed by atoms with van der Waals surface area (Å²) in [6.45, 7) is 4.88. The molecule has 0 aliphatic carbocycles. The molecule has 1 aliphatic heterocycles. The SMILES string of the molecule is Cc1nn(C)c2ncc(CN3CCC(NC(=O)c4ccsc4)CC3)cc12. The third-order valence-electron chi connectivity index (χ3n) is 5.03. The van der Waals surface area contributed by atoms with Gasteiger partial charge >= 0.3 is 0 Å². The molecule has 0 unspecified atom stereocenters. The minimum absolute atomic E-state index is 0.0476. The van der Waals surface area contributed by atoms with Crippen molar-refractivity contribution in [1.29, 1.82) is 0 Å². The van der Waals surface area contributed by atoms with Crippen LogP contribution in [-0.2, 0) is 13.6 Å². The van der Waals surface area contributed by atoms with Gasteiger partial charge in [0, 0.05) is 55.3 Å². The van der Waals surface area contributed by atoms with Crippen molar-refractivity contribution in [3.8, 4) is 0 Å². The molecule has 0 radical (unpaired) electrons. The summed E-state index contributed by atoms with van der Waals surface area (Å²) >= 11 is 1.55. The molecule has 3 aromatic rings. The van der Waals surface area contributed by atoms with Crippen LogP contribution in [0.5, 0.6) is 0 Å². The minimum Gasteiger partial charge on any atom is -0.349 e. The molecule has 0 saturated carbocycles. The van der Waals surface area contributed by atoms with Crippen LogP contribution in [0.2, 0.25) is 0 Å². The first-order valence-corrected chi connectivity index (χ1v) is 9.88. The Kier molecular flexibility index (Phi) is 4.74. The molecule has 4 heterocycles. The van der Waals surface area contributed by atoms with Crippen LogP contribution < -0.4 is 5.32 Å². The molecule has 6 nitrogen and oxygen atoms in total. The largest absolute Gasteiger partial charge is 0.349 e. The molecule has 0 atom stereocenters. The Morgan fingerprint density at radius 2 is 2.19 bits per heavy atom. The number of carbonyl (C=O) groups excluding carboxylic acids is 1. The summed E-state index contributed by atoms with van der Waals surface area (Å²) in [5, 5.41) is 12.6. The average molecular weight is 369 g/mol. The van der Waals surface area contributed by atoms with Gasteiger partial charge in [0.05, 0.1) is 5.69 Å². The van der Waals surface area contributed by atoms with Crippen molar-refractivity contribution >= 4 is 28.3 Å². The van der Waals surface area contributed by atoms with Crippen LogP contribution in [0.4, 0.5) is 0 Å². The summed E-state index contributed by atoms with van der Waals surface area (Å²) in [6.07, 6.45) is 3.92. The number of fused-ring (bicyclic) bond motifs is 1. The first-order valence-electron chi connectivity index (χ1n) is 8.94. The molecule has 1 N–H and O–H groups in total. The van der Waals surface area contributed by atoms with Gasteiger partial charge in [-0.15, -0.1) is 0 Å². The van der Waals surface area contributed by atoms with Crippen LogP contribution in [0.3, 0.4) is 0 Å². The summed E-state index contributed by atoms with van der Waals surface area (Å²) in [6, 6.07) is 4.34. The number of hydrogen-bond acceptors (Lipinski definition) is 5. The van der Waals surface area contributed by atoms with Gasteiger partial charge in [-0.1, -0.05) is 0 Å². The average Bonchev–Trinajstić information content (AvgIpc) is 3.26. The highest BCUT2D eigenvalue weighted by molar-refractivity contribution is 7.08. The molecule has 26 heavy (non-hydrogen) atoms. The van der Waals surface area contributed by atoms with Crippen LogP contribution in [-0.4, -0.2) is 44.7 Å². The Balaban J connectivity index is 1.34. The number of nitrogens with one attached hydrogen (secondary N) is 1. The standard InChI is InChI=1S/C19H23N5OS/c1-13-17-9-14(10-20-18(17)23(2)22-13)11-24-6-3-16(4-7-24)21-19(25)15-5-8-26-12-15/h5,8-10,12,16H,3-4,6-7,11H2,1-2H3,(H,21,25). The van der Waals surface area contributed by atoms with Crippen molar-refractivity contribution in [3.05, 3.63) is 45.9 Å². The molecular weight excluding hydrogens is 346 g/mol. The Labute approximate surface area is 156 Å². The quantitative estimate of drug-likeness (QED) is 0.768. The number of likely N-dealkylation sites (tertiary alicyclic amines) is 1. The van der Waals surface area contributed by atoms with Crippen LogP contribution >= 0.6 is 11.3 Å². The molecule has 136 valence electrons. The second-order valence-corrected chi connectivity index (χ2v) is 7.74. The van der Waals surface area contributed by atoms with Crippen LogP contribution in [0.25, 0.3) is 11.0 Å². The fourth-order valence-electron chi connectivity index (χ4n) is 3.59. The highest BCUT2D eigenvalue weighted by Crippen LogP contribution is 2.19. The zero-order valence-electron chi connectivity index (χ0n) is 15.1. The van der Waals surface area contributed by atoms with E-state index in [1.54, 1.807) is 11.3 Å². The van der Waals surface area contributed by atoms with Crippen LogP contribution in [0.15, 0.2) is 29.1 Å². The number of amides is 1. The number of carbonyl (C=O) groups is 1. The minimum atomic E-state index is 0.0476. The van der Waals surface area contributed by atoms with Crippen molar-refractivity contribution in [2.24, 2.45) is 7.05 Å². The molecule has 3 aromatic heterocycles. The van der Waals surface area contributed by atoms with Gasteiger partial charge in [-0.2, -0.15) is 16.4 Å². The van der Waals surface area contributed by atoms with Crippen molar-refractivity contribution < 1.29 is 4.79 Å². The maximum absolute atomic E-state index is 12.2. The summed E-state index contributed by atoms with van der Waals surface area (Å²) < 4.78 is 1.83. The molecule has 0 aromatic carbocycles. The van der Waals surface area contributed by atoms with Gasteiger partial charge in [-0.05, 0) is 42.8 Å². The van der Waals surface area contributed by atoms with Crippen molar-refractivity contribution in [3.63, 3.8) is 0 Å². The molecule has 0 bridgehead atoms. The molecule has 1 saturated heterocycles. The molecular formula is C19H23N5OS.